The molecule has 0 aliphatic rings. The minimum absolute atomic E-state index is 0.0264. The van der Waals surface area contributed by atoms with Gasteiger partial charge in [-0.15, -0.1) is 0 Å². The first-order valence-corrected chi connectivity index (χ1v) is 11.9. The number of nitrogens with two attached hydrogens (primary N) is 1. The highest BCUT2D eigenvalue weighted by atomic mass is 16.5. The van der Waals surface area contributed by atoms with Crippen LogP contribution in [0.3, 0.4) is 0 Å². The van der Waals surface area contributed by atoms with Gasteiger partial charge in [-0.25, -0.2) is 0 Å². The molecule has 0 bridgehead atoms. The number of carbonyl (C=O) groups excluding carboxylic acids is 3. The van der Waals surface area contributed by atoms with Crippen LogP contribution in [0.4, 0.5) is 0 Å². The number of benzene rings is 1. The molecule has 1 atom stereocenters. The van der Waals surface area contributed by atoms with Gasteiger partial charge in [-0.3, -0.25) is 14.4 Å². The Bertz CT molecular complexity index is 780. The van der Waals surface area contributed by atoms with Crippen molar-refractivity contribution in [2.24, 2.45) is 5.73 Å². The molecule has 0 aliphatic heterocycles. The molecule has 198 valence electrons. The molecule has 0 spiro atoms. The second kappa shape index (κ2) is 17.4. The van der Waals surface area contributed by atoms with Crippen LogP contribution in [0.5, 0.6) is 17.2 Å². The molecule has 1 unspecified atom stereocenters. The number of hydrogen-bond acceptors (Lipinski definition) is 8. The van der Waals surface area contributed by atoms with Gasteiger partial charge in [0, 0.05) is 19.5 Å². The molecule has 11 nitrogen and oxygen atoms in total. The summed E-state index contributed by atoms with van der Waals surface area (Å²) in [6.45, 7) is 4.81. The number of hydrogen-bond donors (Lipinski definition) is 5. The fourth-order valence-electron chi connectivity index (χ4n) is 3.28. The van der Waals surface area contributed by atoms with Crippen molar-refractivity contribution in [3.05, 3.63) is 17.7 Å². The smallest absolute Gasteiger partial charge is 0.242 e. The molecule has 0 heterocycles. The molecular weight excluding hydrogens is 454 g/mol. The number of ether oxygens (including phenoxy) is 3. The number of carbonyl (C=O) groups is 3. The lowest BCUT2D eigenvalue weighted by molar-refractivity contribution is -0.128. The topological polar surface area (TPSA) is 153 Å². The number of unbranched alkanes of at least 4 members (excludes halogenated alkanes) is 1. The summed E-state index contributed by atoms with van der Waals surface area (Å²) in [5.41, 5.74) is 6.09. The highest BCUT2D eigenvalue weighted by Crippen LogP contribution is 2.38. The summed E-state index contributed by atoms with van der Waals surface area (Å²) in [5, 5.41) is 11.4. The predicted octanol–water partition coefficient (Wildman–Crippen LogP) is 0.101. The van der Waals surface area contributed by atoms with E-state index in [0.29, 0.717) is 35.9 Å². The average molecular weight is 496 g/mol. The standard InChI is InChI=1S/C24H41N5O6/c1-17(24(32)28-13-8-21(30)27-12-7-11-26-10-6-5-9-25)29-22(31)16-18-14-19(33-2)23(35-4)20(15-18)34-3/h14-15,17,26H,5-13,16,25H2,1-4H3,(H,27,30)(H,28,32)(H,29,31). The van der Waals surface area contributed by atoms with Gasteiger partial charge in [0.05, 0.1) is 27.8 Å². The van der Waals surface area contributed by atoms with Crippen LogP contribution in [-0.2, 0) is 20.8 Å². The molecule has 1 aromatic carbocycles. The molecule has 0 radical (unpaired) electrons. The molecule has 1 rings (SSSR count). The lowest BCUT2D eigenvalue weighted by atomic mass is 10.1. The minimum atomic E-state index is -0.752. The van der Waals surface area contributed by atoms with E-state index in [9.17, 15) is 14.4 Å². The van der Waals surface area contributed by atoms with Crippen LogP contribution >= 0.6 is 0 Å². The molecule has 3 amide bonds. The van der Waals surface area contributed by atoms with E-state index in [0.717, 1.165) is 32.4 Å². The van der Waals surface area contributed by atoms with Gasteiger partial charge in [0.25, 0.3) is 0 Å². The van der Waals surface area contributed by atoms with Crippen molar-refractivity contribution in [1.29, 1.82) is 0 Å². The Morgan fingerprint density at radius 3 is 2.11 bits per heavy atom. The third-order valence-electron chi connectivity index (χ3n) is 5.17. The molecule has 0 aromatic heterocycles. The Morgan fingerprint density at radius 1 is 0.857 bits per heavy atom. The lowest BCUT2D eigenvalue weighted by Gasteiger charge is -2.16. The predicted molar refractivity (Wildman–Crippen MR) is 134 cm³/mol. The number of rotatable bonds is 18. The summed E-state index contributed by atoms with van der Waals surface area (Å²) in [5.74, 6) is 0.488. The van der Waals surface area contributed by atoms with Crippen molar-refractivity contribution in [3.8, 4) is 17.2 Å². The SMILES string of the molecule is COc1cc(CC(=O)NC(C)C(=O)NCCC(=O)NCCCNCCCCN)cc(OC)c1OC. The summed E-state index contributed by atoms with van der Waals surface area (Å²) in [6.07, 6.45) is 3.08. The maximum Gasteiger partial charge on any atom is 0.242 e. The van der Waals surface area contributed by atoms with Gasteiger partial charge in [-0.05, 0) is 63.5 Å². The van der Waals surface area contributed by atoms with Gasteiger partial charge in [0.1, 0.15) is 6.04 Å². The minimum Gasteiger partial charge on any atom is -0.493 e. The van der Waals surface area contributed by atoms with Gasteiger partial charge < -0.3 is 41.2 Å². The van der Waals surface area contributed by atoms with Crippen LogP contribution in [0.1, 0.15) is 38.2 Å². The molecular formula is C24H41N5O6. The summed E-state index contributed by atoms with van der Waals surface area (Å²) in [4.78, 5) is 36.6. The second-order valence-corrected chi connectivity index (χ2v) is 7.99. The van der Waals surface area contributed by atoms with Crippen molar-refractivity contribution in [3.63, 3.8) is 0 Å². The van der Waals surface area contributed by atoms with Crippen molar-refractivity contribution in [1.82, 2.24) is 21.3 Å². The normalized spacial score (nSPS) is 11.3. The summed E-state index contributed by atoms with van der Waals surface area (Å²) in [6, 6.07) is 2.61. The first-order chi connectivity index (χ1) is 16.9. The van der Waals surface area contributed by atoms with Crippen molar-refractivity contribution < 1.29 is 28.6 Å². The van der Waals surface area contributed by atoms with Crippen LogP contribution < -0.4 is 41.2 Å². The molecule has 1 aromatic rings. The van der Waals surface area contributed by atoms with E-state index in [1.165, 1.54) is 21.3 Å². The monoisotopic (exact) mass is 495 g/mol. The first-order valence-electron chi connectivity index (χ1n) is 11.9. The van der Waals surface area contributed by atoms with Gasteiger partial charge in [0.2, 0.25) is 23.5 Å². The molecule has 0 fully saturated rings. The van der Waals surface area contributed by atoms with Crippen LogP contribution in [0, 0.1) is 0 Å². The Kier molecular flexibility index (Phi) is 14.9. The van der Waals surface area contributed by atoms with Crippen molar-refractivity contribution in [2.75, 3.05) is 54.1 Å². The van der Waals surface area contributed by atoms with Gasteiger partial charge >= 0.3 is 0 Å². The van der Waals surface area contributed by atoms with E-state index in [1.54, 1.807) is 19.1 Å². The Labute approximate surface area is 207 Å². The molecule has 11 heteroatoms. The summed E-state index contributed by atoms with van der Waals surface area (Å²) in [7, 11) is 4.50. The maximum absolute atomic E-state index is 12.4. The third-order valence-corrected chi connectivity index (χ3v) is 5.17. The lowest BCUT2D eigenvalue weighted by Crippen LogP contribution is -2.46. The van der Waals surface area contributed by atoms with E-state index in [-0.39, 0.29) is 37.1 Å². The Hall–Kier alpha value is -3.05. The van der Waals surface area contributed by atoms with Crippen LogP contribution in [-0.4, -0.2) is 77.8 Å². The zero-order valence-corrected chi connectivity index (χ0v) is 21.3. The number of amides is 3. The quantitative estimate of drug-likeness (QED) is 0.180. The van der Waals surface area contributed by atoms with E-state index in [2.05, 4.69) is 21.3 Å². The van der Waals surface area contributed by atoms with E-state index < -0.39 is 6.04 Å². The number of methoxy groups -OCH3 is 3. The fourth-order valence-corrected chi connectivity index (χ4v) is 3.28. The molecule has 0 saturated carbocycles. The highest BCUT2D eigenvalue weighted by Gasteiger charge is 2.18. The van der Waals surface area contributed by atoms with Crippen molar-refractivity contribution in [2.45, 2.75) is 45.1 Å². The third kappa shape index (κ3) is 11.8. The van der Waals surface area contributed by atoms with E-state index in [1.807, 2.05) is 0 Å². The fraction of sp³-hybridized carbons (Fsp3) is 0.625. The molecule has 6 N–H and O–H groups in total. The van der Waals surface area contributed by atoms with Gasteiger partial charge in [-0.1, -0.05) is 0 Å². The Balaban J connectivity index is 2.31. The second-order valence-electron chi connectivity index (χ2n) is 7.99. The number of nitrogens with one attached hydrogen (secondary N) is 4. The van der Waals surface area contributed by atoms with Gasteiger partial charge in [0.15, 0.2) is 11.5 Å². The highest BCUT2D eigenvalue weighted by molar-refractivity contribution is 5.88. The van der Waals surface area contributed by atoms with Crippen LogP contribution in [0.15, 0.2) is 12.1 Å². The molecule has 0 aliphatic carbocycles. The summed E-state index contributed by atoms with van der Waals surface area (Å²) >= 11 is 0. The Morgan fingerprint density at radius 2 is 1.51 bits per heavy atom. The zero-order valence-electron chi connectivity index (χ0n) is 21.3. The molecule has 0 saturated heterocycles. The largest absolute Gasteiger partial charge is 0.493 e. The van der Waals surface area contributed by atoms with E-state index >= 15 is 0 Å². The zero-order chi connectivity index (χ0) is 26.1. The van der Waals surface area contributed by atoms with Gasteiger partial charge in [-0.2, -0.15) is 0 Å². The average Bonchev–Trinajstić information content (AvgIpc) is 2.84. The van der Waals surface area contributed by atoms with Crippen LogP contribution in [0.25, 0.3) is 0 Å². The van der Waals surface area contributed by atoms with Crippen molar-refractivity contribution >= 4 is 17.7 Å². The molecule has 35 heavy (non-hydrogen) atoms. The first kappa shape index (κ1) is 30.0. The van der Waals surface area contributed by atoms with Crippen LogP contribution in [0.2, 0.25) is 0 Å². The summed E-state index contributed by atoms with van der Waals surface area (Å²) < 4.78 is 15.9. The van der Waals surface area contributed by atoms with E-state index in [4.69, 9.17) is 19.9 Å². The maximum atomic E-state index is 12.4.